The fraction of sp³-hybridized carbons (Fsp3) is 0.471. The summed E-state index contributed by atoms with van der Waals surface area (Å²) in [5.74, 6) is 0.373. The monoisotopic (exact) mass is 349 g/mol. The van der Waals surface area contributed by atoms with E-state index in [1.807, 2.05) is 0 Å². The molecule has 1 aliphatic rings. The molecule has 1 aliphatic heterocycles. The van der Waals surface area contributed by atoms with E-state index in [9.17, 15) is 14.4 Å². The molecule has 8 heteroatoms. The van der Waals surface area contributed by atoms with Gasteiger partial charge in [0.25, 0.3) is 5.91 Å². The number of imide groups is 1. The van der Waals surface area contributed by atoms with E-state index in [-0.39, 0.29) is 18.9 Å². The number of rotatable bonds is 6. The molecule has 0 spiro atoms. The van der Waals surface area contributed by atoms with Crippen molar-refractivity contribution in [2.24, 2.45) is 0 Å². The van der Waals surface area contributed by atoms with Crippen LogP contribution in [0.2, 0.25) is 0 Å². The van der Waals surface area contributed by atoms with Gasteiger partial charge >= 0.3 is 6.03 Å². The number of ether oxygens (including phenoxy) is 2. The van der Waals surface area contributed by atoms with E-state index in [2.05, 4.69) is 5.32 Å². The second-order valence-corrected chi connectivity index (χ2v) is 6.31. The Morgan fingerprint density at radius 3 is 2.40 bits per heavy atom. The molecule has 0 bridgehead atoms. The Hall–Kier alpha value is -2.77. The molecule has 0 unspecified atom stereocenters. The summed E-state index contributed by atoms with van der Waals surface area (Å²) < 4.78 is 10.5. The van der Waals surface area contributed by atoms with Crippen LogP contribution in [-0.4, -0.2) is 68.0 Å². The van der Waals surface area contributed by atoms with Gasteiger partial charge in [-0.3, -0.25) is 14.5 Å². The second kappa shape index (κ2) is 7.00. The van der Waals surface area contributed by atoms with Crippen LogP contribution >= 0.6 is 0 Å². The summed E-state index contributed by atoms with van der Waals surface area (Å²) in [7, 11) is 6.22. The maximum atomic E-state index is 12.7. The maximum Gasteiger partial charge on any atom is 0.325 e. The summed E-state index contributed by atoms with van der Waals surface area (Å²) in [5.41, 5.74) is -0.321. The average molecular weight is 349 g/mol. The van der Waals surface area contributed by atoms with Crippen molar-refractivity contribution in [1.82, 2.24) is 15.1 Å². The van der Waals surface area contributed by atoms with Gasteiger partial charge < -0.3 is 19.7 Å². The molecule has 0 aromatic heterocycles. The van der Waals surface area contributed by atoms with Gasteiger partial charge in [-0.05, 0) is 24.6 Å². The molecule has 0 aliphatic carbocycles. The summed E-state index contributed by atoms with van der Waals surface area (Å²) in [6.45, 7) is 1.36. The minimum atomic E-state index is -1.12. The molecule has 1 heterocycles. The normalized spacial score (nSPS) is 19.6. The van der Waals surface area contributed by atoms with Gasteiger partial charge in [0.1, 0.15) is 12.1 Å². The highest BCUT2D eigenvalue weighted by Crippen LogP contribution is 2.30. The summed E-state index contributed by atoms with van der Waals surface area (Å²) in [4.78, 5) is 39.0. The molecule has 1 aromatic carbocycles. The number of nitrogens with one attached hydrogen (secondary N) is 1. The zero-order valence-electron chi connectivity index (χ0n) is 15.1. The van der Waals surface area contributed by atoms with Crippen LogP contribution in [0.15, 0.2) is 18.2 Å². The number of hydrogen-bond donors (Lipinski definition) is 1. The van der Waals surface area contributed by atoms with Gasteiger partial charge in [0.2, 0.25) is 5.91 Å². The molecule has 1 N–H and O–H groups in total. The van der Waals surface area contributed by atoms with Crippen molar-refractivity contribution in [3.63, 3.8) is 0 Å². The minimum Gasteiger partial charge on any atom is -0.493 e. The van der Waals surface area contributed by atoms with Gasteiger partial charge in [-0.15, -0.1) is 0 Å². The second-order valence-electron chi connectivity index (χ2n) is 6.31. The highest BCUT2D eigenvalue weighted by Gasteiger charge is 2.48. The van der Waals surface area contributed by atoms with Crippen LogP contribution in [0.1, 0.15) is 12.5 Å². The molecule has 1 atom stereocenters. The molecule has 4 amide bonds. The van der Waals surface area contributed by atoms with E-state index in [0.29, 0.717) is 11.5 Å². The van der Waals surface area contributed by atoms with E-state index in [1.165, 1.54) is 12.0 Å². The van der Waals surface area contributed by atoms with Crippen molar-refractivity contribution >= 4 is 17.8 Å². The average Bonchev–Trinajstić information content (AvgIpc) is 2.77. The number of amides is 4. The standard InChI is InChI=1S/C17H23N3O5/c1-17(9-11-6-7-12(24-4)13(8-11)25-5)15(22)20(16(23)18-17)10-14(21)19(2)3/h6-8H,9-10H2,1-5H3,(H,18,23)/t17-/m0/s1. The summed E-state index contributed by atoms with van der Waals surface area (Å²) in [5, 5.41) is 2.68. The van der Waals surface area contributed by atoms with E-state index in [4.69, 9.17) is 9.47 Å². The third-order valence-corrected chi connectivity index (χ3v) is 4.14. The maximum absolute atomic E-state index is 12.7. The molecular formula is C17H23N3O5. The number of carbonyl (C=O) groups is 3. The van der Waals surface area contributed by atoms with E-state index >= 15 is 0 Å². The van der Waals surface area contributed by atoms with Crippen molar-refractivity contribution < 1.29 is 23.9 Å². The molecule has 1 fully saturated rings. The lowest BCUT2D eigenvalue weighted by atomic mass is 9.92. The Kier molecular flexibility index (Phi) is 5.20. The molecule has 1 aromatic rings. The quantitative estimate of drug-likeness (QED) is 0.762. The first-order valence-electron chi connectivity index (χ1n) is 7.77. The molecule has 25 heavy (non-hydrogen) atoms. The Balaban J connectivity index is 2.20. The Morgan fingerprint density at radius 1 is 1.20 bits per heavy atom. The summed E-state index contributed by atoms with van der Waals surface area (Å²) >= 11 is 0. The number of urea groups is 1. The van der Waals surface area contributed by atoms with Crippen LogP contribution in [0.25, 0.3) is 0 Å². The lowest BCUT2D eigenvalue weighted by Gasteiger charge is -2.22. The zero-order chi connectivity index (χ0) is 18.8. The van der Waals surface area contributed by atoms with Crippen molar-refractivity contribution in [1.29, 1.82) is 0 Å². The lowest BCUT2D eigenvalue weighted by Crippen LogP contribution is -2.46. The molecule has 0 saturated carbocycles. The fourth-order valence-electron chi connectivity index (χ4n) is 2.69. The topological polar surface area (TPSA) is 88.2 Å². The molecular weight excluding hydrogens is 326 g/mol. The van der Waals surface area contributed by atoms with Crippen LogP contribution in [0.5, 0.6) is 11.5 Å². The third kappa shape index (κ3) is 3.67. The van der Waals surface area contributed by atoms with Crippen molar-refractivity contribution in [2.75, 3.05) is 34.9 Å². The smallest absolute Gasteiger partial charge is 0.325 e. The lowest BCUT2D eigenvalue weighted by molar-refractivity contribution is -0.137. The van der Waals surface area contributed by atoms with Crippen LogP contribution in [0.3, 0.4) is 0 Å². The number of benzene rings is 1. The SMILES string of the molecule is COc1ccc(C[C@]2(C)NC(=O)N(CC(=O)N(C)C)C2=O)cc1OC. The van der Waals surface area contributed by atoms with Gasteiger partial charge in [-0.2, -0.15) is 0 Å². The summed E-state index contributed by atoms with van der Waals surface area (Å²) in [6.07, 6.45) is 0.268. The third-order valence-electron chi connectivity index (χ3n) is 4.14. The number of carbonyl (C=O) groups excluding carboxylic acids is 3. The van der Waals surface area contributed by atoms with Crippen molar-refractivity contribution in [2.45, 2.75) is 18.9 Å². The van der Waals surface area contributed by atoms with Gasteiger partial charge in [0.05, 0.1) is 14.2 Å². The van der Waals surface area contributed by atoms with Crippen molar-refractivity contribution in [3.05, 3.63) is 23.8 Å². The van der Waals surface area contributed by atoms with Crippen LogP contribution in [-0.2, 0) is 16.0 Å². The van der Waals surface area contributed by atoms with Gasteiger partial charge in [0.15, 0.2) is 11.5 Å². The van der Waals surface area contributed by atoms with E-state index < -0.39 is 17.5 Å². The first kappa shape index (κ1) is 18.6. The van der Waals surface area contributed by atoms with Crippen LogP contribution in [0, 0.1) is 0 Å². The van der Waals surface area contributed by atoms with Crippen LogP contribution in [0.4, 0.5) is 4.79 Å². The first-order valence-corrected chi connectivity index (χ1v) is 7.77. The van der Waals surface area contributed by atoms with E-state index in [0.717, 1.165) is 10.5 Å². The molecule has 0 radical (unpaired) electrons. The molecule has 2 rings (SSSR count). The molecule has 136 valence electrons. The first-order chi connectivity index (χ1) is 11.7. The zero-order valence-corrected chi connectivity index (χ0v) is 15.1. The Morgan fingerprint density at radius 2 is 1.84 bits per heavy atom. The number of methoxy groups -OCH3 is 2. The fourth-order valence-corrected chi connectivity index (χ4v) is 2.69. The van der Waals surface area contributed by atoms with Gasteiger partial charge in [0, 0.05) is 20.5 Å². The van der Waals surface area contributed by atoms with Gasteiger partial charge in [-0.1, -0.05) is 6.07 Å². The highest BCUT2D eigenvalue weighted by atomic mass is 16.5. The molecule has 8 nitrogen and oxygen atoms in total. The number of hydrogen-bond acceptors (Lipinski definition) is 5. The number of likely N-dealkylation sites (N-methyl/N-ethyl adjacent to an activating group) is 1. The largest absolute Gasteiger partial charge is 0.493 e. The van der Waals surface area contributed by atoms with Crippen LogP contribution < -0.4 is 14.8 Å². The van der Waals surface area contributed by atoms with E-state index in [1.54, 1.807) is 46.3 Å². The Labute approximate surface area is 146 Å². The Bertz CT molecular complexity index is 704. The molecule has 1 saturated heterocycles. The predicted molar refractivity (Wildman–Crippen MR) is 90.6 cm³/mol. The summed E-state index contributed by atoms with van der Waals surface area (Å²) in [6, 6.07) is 4.74. The van der Waals surface area contributed by atoms with Crippen molar-refractivity contribution in [3.8, 4) is 11.5 Å². The highest BCUT2D eigenvalue weighted by molar-refractivity contribution is 6.08. The minimum absolute atomic E-state index is 0.268. The van der Waals surface area contributed by atoms with Gasteiger partial charge in [-0.25, -0.2) is 4.79 Å². The number of nitrogens with zero attached hydrogens (tertiary/aromatic N) is 2. The predicted octanol–water partition coefficient (Wildman–Crippen LogP) is 0.645.